The van der Waals surface area contributed by atoms with E-state index in [-0.39, 0.29) is 0 Å². The molecule has 0 bridgehead atoms. The normalized spacial score (nSPS) is 11.0. The van der Waals surface area contributed by atoms with Crippen molar-refractivity contribution in [3.63, 3.8) is 0 Å². The predicted molar refractivity (Wildman–Crippen MR) is 69.8 cm³/mol. The van der Waals surface area contributed by atoms with E-state index in [4.69, 9.17) is 0 Å². The number of halogens is 1. The first kappa shape index (κ1) is 9.03. The fourth-order valence-electron chi connectivity index (χ4n) is 1.72. The van der Waals surface area contributed by atoms with Crippen LogP contribution in [0.3, 0.4) is 0 Å². The molecule has 3 rings (SSSR count). The Hall–Kier alpha value is -1.23. The first-order valence-corrected chi connectivity index (χ1v) is 5.72. The molecule has 0 unspecified atom stereocenters. The lowest BCUT2D eigenvalue weighted by Gasteiger charge is -2.01. The first-order chi connectivity index (χ1) is 7.34. The minimum Gasteiger partial charge on any atom is -0.252 e. The van der Waals surface area contributed by atoms with Crippen molar-refractivity contribution in [1.29, 1.82) is 0 Å². The summed E-state index contributed by atoms with van der Waals surface area (Å²) in [5.74, 6) is 0. The molecular formula is C12H7IN2. The number of hydrogen-bond donors (Lipinski definition) is 0. The third kappa shape index (κ3) is 1.47. The third-order valence-corrected chi connectivity index (χ3v) is 2.93. The van der Waals surface area contributed by atoms with Gasteiger partial charge in [0.05, 0.1) is 17.2 Å². The molecule has 2 nitrogen and oxygen atoms in total. The van der Waals surface area contributed by atoms with Gasteiger partial charge in [0.15, 0.2) is 0 Å². The lowest BCUT2D eigenvalue weighted by atomic mass is 10.1. The fourth-order valence-corrected chi connectivity index (χ4v) is 2.10. The molecule has 0 saturated heterocycles. The Labute approximate surface area is 100 Å². The van der Waals surface area contributed by atoms with Gasteiger partial charge in [0, 0.05) is 5.39 Å². The molecule has 3 heteroatoms. The molecule has 0 aliphatic carbocycles. The zero-order valence-electron chi connectivity index (χ0n) is 7.81. The van der Waals surface area contributed by atoms with Gasteiger partial charge in [0.2, 0.25) is 0 Å². The Morgan fingerprint density at radius 2 is 1.87 bits per heavy atom. The standard InChI is InChI=1S/C12H7IN2/c13-11-7-14-10-6-5-8-3-1-2-4-9(8)12(10)15-11/h1-7H. The number of nitrogens with zero attached hydrogens (tertiary/aromatic N) is 2. The van der Waals surface area contributed by atoms with Gasteiger partial charge in [0.1, 0.15) is 3.70 Å². The molecule has 0 N–H and O–H groups in total. The van der Waals surface area contributed by atoms with Crippen LogP contribution in [-0.2, 0) is 0 Å². The monoisotopic (exact) mass is 306 g/mol. The quantitative estimate of drug-likeness (QED) is 0.470. The number of rotatable bonds is 0. The summed E-state index contributed by atoms with van der Waals surface area (Å²) in [6.07, 6.45) is 1.79. The third-order valence-electron chi connectivity index (χ3n) is 2.41. The van der Waals surface area contributed by atoms with Crippen molar-refractivity contribution >= 4 is 44.4 Å². The Morgan fingerprint density at radius 1 is 1.00 bits per heavy atom. The summed E-state index contributed by atoms with van der Waals surface area (Å²) in [4.78, 5) is 8.89. The van der Waals surface area contributed by atoms with Crippen molar-refractivity contribution < 1.29 is 0 Å². The Morgan fingerprint density at radius 3 is 2.80 bits per heavy atom. The van der Waals surface area contributed by atoms with Crippen LogP contribution < -0.4 is 0 Å². The summed E-state index contributed by atoms with van der Waals surface area (Å²) in [5.41, 5.74) is 1.94. The highest BCUT2D eigenvalue weighted by Gasteiger charge is 2.02. The smallest absolute Gasteiger partial charge is 0.120 e. The van der Waals surface area contributed by atoms with Crippen LogP contribution in [0.15, 0.2) is 42.6 Å². The highest BCUT2D eigenvalue weighted by atomic mass is 127. The van der Waals surface area contributed by atoms with E-state index in [0.29, 0.717) is 0 Å². The SMILES string of the molecule is Ic1cnc2ccc3ccccc3c2n1. The topological polar surface area (TPSA) is 25.8 Å². The van der Waals surface area contributed by atoms with Gasteiger partial charge in [-0.2, -0.15) is 0 Å². The summed E-state index contributed by atoms with van der Waals surface area (Å²) in [6, 6.07) is 12.3. The molecule has 2 aromatic carbocycles. The van der Waals surface area contributed by atoms with Crippen LogP contribution in [0.2, 0.25) is 0 Å². The molecule has 0 spiro atoms. The van der Waals surface area contributed by atoms with E-state index >= 15 is 0 Å². The van der Waals surface area contributed by atoms with Crippen LogP contribution in [0.4, 0.5) is 0 Å². The van der Waals surface area contributed by atoms with Crippen LogP contribution in [0.1, 0.15) is 0 Å². The lowest BCUT2D eigenvalue weighted by Crippen LogP contribution is -1.87. The maximum atomic E-state index is 4.53. The molecule has 1 heterocycles. The number of aromatic nitrogens is 2. The second-order valence-corrected chi connectivity index (χ2v) is 4.45. The molecule has 0 radical (unpaired) electrons. The summed E-state index contributed by atoms with van der Waals surface area (Å²) in [7, 11) is 0. The average molecular weight is 306 g/mol. The summed E-state index contributed by atoms with van der Waals surface area (Å²) >= 11 is 2.19. The van der Waals surface area contributed by atoms with E-state index in [1.165, 1.54) is 10.8 Å². The largest absolute Gasteiger partial charge is 0.252 e. The molecule has 1 aromatic heterocycles. The van der Waals surface area contributed by atoms with Gasteiger partial charge in [0.25, 0.3) is 0 Å². The average Bonchev–Trinajstić information content (AvgIpc) is 2.29. The maximum Gasteiger partial charge on any atom is 0.120 e. The number of benzene rings is 2. The molecule has 0 saturated carbocycles. The van der Waals surface area contributed by atoms with Crippen LogP contribution in [0, 0.1) is 3.70 Å². The van der Waals surface area contributed by atoms with Crippen molar-refractivity contribution in [2.24, 2.45) is 0 Å². The first-order valence-electron chi connectivity index (χ1n) is 4.64. The van der Waals surface area contributed by atoms with Crippen molar-refractivity contribution in [2.75, 3.05) is 0 Å². The molecule has 72 valence electrons. The van der Waals surface area contributed by atoms with E-state index < -0.39 is 0 Å². The van der Waals surface area contributed by atoms with E-state index in [9.17, 15) is 0 Å². The highest BCUT2D eigenvalue weighted by Crippen LogP contribution is 2.22. The van der Waals surface area contributed by atoms with Gasteiger partial charge in [-0.15, -0.1) is 0 Å². The van der Waals surface area contributed by atoms with Crippen molar-refractivity contribution in [3.8, 4) is 0 Å². The van der Waals surface area contributed by atoms with E-state index in [1.807, 2.05) is 18.2 Å². The predicted octanol–water partition coefficient (Wildman–Crippen LogP) is 3.39. The number of fused-ring (bicyclic) bond motifs is 3. The maximum absolute atomic E-state index is 4.53. The molecule has 15 heavy (non-hydrogen) atoms. The van der Waals surface area contributed by atoms with Crippen molar-refractivity contribution in [2.45, 2.75) is 0 Å². The summed E-state index contributed by atoms with van der Waals surface area (Å²) in [6.45, 7) is 0. The van der Waals surface area contributed by atoms with E-state index in [0.717, 1.165) is 14.7 Å². The summed E-state index contributed by atoms with van der Waals surface area (Å²) < 4.78 is 0.927. The Bertz CT molecular complexity index is 649. The highest BCUT2D eigenvalue weighted by molar-refractivity contribution is 14.1. The Balaban J connectivity index is 2.57. The molecule has 0 aliphatic heterocycles. The second kappa shape index (κ2) is 3.41. The van der Waals surface area contributed by atoms with Crippen LogP contribution in [0.5, 0.6) is 0 Å². The van der Waals surface area contributed by atoms with E-state index in [2.05, 4.69) is 50.8 Å². The van der Waals surface area contributed by atoms with E-state index in [1.54, 1.807) is 6.20 Å². The van der Waals surface area contributed by atoms with Gasteiger partial charge in [-0.3, -0.25) is 4.98 Å². The fraction of sp³-hybridized carbons (Fsp3) is 0. The molecule has 0 amide bonds. The van der Waals surface area contributed by atoms with Crippen molar-refractivity contribution in [1.82, 2.24) is 9.97 Å². The molecule has 3 aromatic rings. The molecule has 0 fully saturated rings. The van der Waals surface area contributed by atoms with Gasteiger partial charge in [-0.25, -0.2) is 4.98 Å². The van der Waals surface area contributed by atoms with Gasteiger partial charge < -0.3 is 0 Å². The summed E-state index contributed by atoms with van der Waals surface area (Å²) in [5, 5.41) is 2.38. The van der Waals surface area contributed by atoms with Crippen LogP contribution >= 0.6 is 22.6 Å². The molecular weight excluding hydrogens is 299 g/mol. The molecule has 0 atom stereocenters. The minimum atomic E-state index is 0.927. The number of hydrogen-bond acceptors (Lipinski definition) is 2. The second-order valence-electron chi connectivity index (χ2n) is 3.35. The van der Waals surface area contributed by atoms with Gasteiger partial charge in [-0.1, -0.05) is 30.3 Å². The van der Waals surface area contributed by atoms with Gasteiger partial charge in [-0.05, 0) is 34.0 Å². The molecule has 0 aliphatic rings. The minimum absolute atomic E-state index is 0.927. The lowest BCUT2D eigenvalue weighted by molar-refractivity contribution is 1.25. The van der Waals surface area contributed by atoms with Crippen molar-refractivity contribution in [3.05, 3.63) is 46.3 Å². The van der Waals surface area contributed by atoms with Crippen LogP contribution in [0.25, 0.3) is 21.8 Å². The zero-order valence-corrected chi connectivity index (χ0v) is 9.97. The van der Waals surface area contributed by atoms with Crippen LogP contribution in [-0.4, -0.2) is 9.97 Å². The van der Waals surface area contributed by atoms with Gasteiger partial charge >= 0.3 is 0 Å². The zero-order chi connectivity index (χ0) is 10.3. The Kier molecular flexibility index (Phi) is 2.05.